The van der Waals surface area contributed by atoms with Crippen LogP contribution in [0.3, 0.4) is 0 Å². The van der Waals surface area contributed by atoms with Crippen molar-refractivity contribution >= 4 is 16.9 Å². The van der Waals surface area contributed by atoms with Crippen molar-refractivity contribution in [1.29, 1.82) is 0 Å². The number of H-pyrrole nitrogens is 1. The molecule has 0 aliphatic carbocycles. The Labute approximate surface area is 144 Å². The Morgan fingerprint density at radius 3 is 2.83 bits per heavy atom. The van der Waals surface area contributed by atoms with E-state index in [1.54, 1.807) is 0 Å². The third kappa shape index (κ3) is 6.24. The van der Waals surface area contributed by atoms with E-state index in [4.69, 9.17) is 4.74 Å². The predicted octanol–water partition coefficient (Wildman–Crippen LogP) is 3.29. The van der Waals surface area contributed by atoms with Crippen LogP contribution in [-0.4, -0.2) is 37.2 Å². The first-order valence-corrected chi connectivity index (χ1v) is 8.85. The summed E-state index contributed by atoms with van der Waals surface area (Å²) in [6.07, 6.45) is 0.976. The Bertz CT molecular complexity index is 600. The first-order valence-electron chi connectivity index (χ1n) is 8.85. The summed E-state index contributed by atoms with van der Waals surface area (Å²) < 4.78 is 5.59. The van der Waals surface area contributed by atoms with Gasteiger partial charge in [-0.2, -0.15) is 0 Å². The summed E-state index contributed by atoms with van der Waals surface area (Å²) in [5, 5.41) is 7.86. The molecule has 0 unspecified atom stereocenters. The molecule has 0 amide bonds. The van der Waals surface area contributed by atoms with E-state index in [1.165, 1.54) is 5.39 Å². The van der Waals surface area contributed by atoms with Crippen molar-refractivity contribution in [3.63, 3.8) is 0 Å². The predicted molar refractivity (Wildman–Crippen MR) is 101 cm³/mol. The Morgan fingerprint density at radius 1 is 1.25 bits per heavy atom. The molecule has 1 heterocycles. The Balaban J connectivity index is 1.79. The van der Waals surface area contributed by atoms with Gasteiger partial charge in [-0.05, 0) is 36.8 Å². The molecule has 0 bridgehead atoms. The molecule has 0 saturated heterocycles. The van der Waals surface area contributed by atoms with Crippen LogP contribution in [0.5, 0.6) is 0 Å². The van der Waals surface area contributed by atoms with Crippen molar-refractivity contribution in [2.24, 2.45) is 10.9 Å². The van der Waals surface area contributed by atoms with Gasteiger partial charge in [0.2, 0.25) is 0 Å². The lowest BCUT2D eigenvalue weighted by Crippen LogP contribution is -2.38. The largest absolute Gasteiger partial charge is 0.381 e. The van der Waals surface area contributed by atoms with Gasteiger partial charge in [-0.15, -0.1) is 0 Å². The minimum atomic E-state index is 0.591. The number of para-hydroxylation sites is 1. The first kappa shape index (κ1) is 18.3. The molecule has 0 fully saturated rings. The number of nitrogens with one attached hydrogen (secondary N) is 3. The average Bonchev–Trinajstić information content (AvgIpc) is 2.98. The van der Waals surface area contributed by atoms with Crippen LogP contribution in [-0.2, 0) is 11.3 Å². The zero-order valence-corrected chi connectivity index (χ0v) is 15.1. The van der Waals surface area contributed by atoms with Gasteiger partial charge in [0.15, 0.2) is 5.96 Å². The highest BCUT2D eigenvalue weighted by atomic mass is 16.5. The Morgan fingerprint density at radius 2 is 2.08 bits per heavy atom. The number of guanidine groups is 1. The van der Waals surface area contributed by atoms with Crippen molar-refractivity contribution in [1.82, 2.24) is 15.6 Å². The van der Waals surface area contributed by atoms with Gasteiger partial charge in [-0.3, -0.25) is 0 Å². The van der Waals surface area contributed by atoms with Crippen LogP contribution in [0, 0.1) is 5.92 Å². The number of ether oxygens (including phenoxy) is 1. The summed E-state index contributed by atoms with van der Waals surface area (Å²) in [4.78, 5) is 8.05. The molecule has 1 aromatic carbocycles. The Kier molecular flexibility index (Phi) is 7.62. The quantitative estimate of drug-likeness (QED) is 0.376. The van der Waals surface area contributed by atoms with E-state index in [-0.39, 0.29) is 0 Å². The molecule has 0 atom stereocenters. The van der Waals surface area contributed by atoms with E-state index in [0.717, 1.165) is 49.9 Å². The molecule has 5 heteroatoms. The molecule has 2 rings (SSSR count). The molecule has 24 heavy (non-hydrogen) atoms. The molecular formula is C19H30N4O. The van der Waals surface area contributed by atoms with Crippen LogP contribution in [0.15, 0.2) is 35.3 Å². The van der Waals surface area contributed by atoms with Gasteiger partial charge in [0.1, 0.15) is 0 Å². The average molecular weight is 330 g/mol. The number of hydrogen-bond acceptors (Lipinski definition) is 2. The smallest absolute Gasteiger partial charge is 0.191 e. The normalized spacial score (nSPS) is 12.1. The molecular weight excluding hydrogens is 300 g/mol. The summed E-state index contributed by atoms with van der Waals surface area (Å²) in [5.41, 5.74) is 2.27. The second kappa shape index (κ2) is 9.98. The van der Waals surface area contributed by atoms with Gasteiger partial charge in [-0.1, -0.05) is 32.0 Å². The lowest BCUT2D eigenvalue weighted by atomic mass is 10.2. The zero-order valence-electron chi connectivity index (χ0n) is 15.1. The molecule has 3 N–H and O–H groups in total. The first-order chi connectivity index (χ1) is 11.7. The molecule has 1 aromatic heterocycles. The van der Waals surface area contributed by atoms with E-state index < -0.39 is 0 Å². The molecule has 0 saturated carbocycles. The van der Waals surface area contributed by atoms with E-state index >= 15 is 0 Å². The molecule has 0 spiro atoms. The molecule has 2 aromatic rings. The highest BCUT2D eigenvalue weighted by Gasteiger charge is 2.01. The van der Waals surface area contributed by atoms with Crippen molar-refractivity contribution in [2.75, 3.05) is 26.3 Å². The van der Waals surface area contributed by atoms with Gasteiger partial charge < -0.3 is 20.4 Å². The number of benzene rings is 1. The maximum absolute atomic E-state index is 5.59. The third-order valence-electron chi connectivity index (χ3n) is 3.55. The zero-order chi connectivity index (χ0) is 17.2. The summed E-state index contributed by atoms with van der Waals surface area (Å²) >= 11 is 0. The summed E-state index contributed by atoms with van der Waals surface area (Å²) in [6.45, 7) is 10.4. The molecule has 5 nitrogen and oxygen atoms in total. The topological polar surface area (TPSA) is 61.4 Å². The molecule has 0 aliphatic rings. The number of nitrogens with zero attached hydrogens (tertiary/aromatic N) is 1. The molecule has 132 valence electrons. The Hall–Kier alpha value is -2.01. The second-order valence-electron chi connectivity index (χ2n) is 6.33. The van der Waals surface area contributed by atoms with Crippen LogP contribution < -0.4 is 10.6 Å². The second-order valence-corrected chi connectivity index (χ2v) is 6.33. The van der Waals surface area contributed by atoms with Gasteiger partial charge >= 0.3 is 0 Å². The molecule has 0 radical (unpaired) electrons. The van der Waals surface area contributed by atoms with E-state index in [0.29, 0.717) is 12.5 Å². The van der Waals surface area contributed by atoms with E-state index in [2.05, 4.69) is 65.6 Å². The van der Waals surface area contributed by atoms with Crippen molar-refractivity contribution < 1.29 is 4.74 Å². The van der Waals surface area contributed by atoms with Crippen molar-refractivity contribution in [3.8, 4) is 0 Å². The third-order valence-corrected chi connectivity index (χ3v) is 3.55. The fourth-order valence-electron chi connectivity index (χ4n) is 2.42. The van der Waals surface area contributed by atoms with Gasteiger partial charge in [0, 0.05) is 37.5 Å². The number of hydrogen-bond donors (Lipinski definition) is 3. The maximum Gasteiger partial charge on any atom is 0.191 e. The summed E-state index contributed by atoms with van der Waals surface area (Å²) in [6, 6.07) is 10.4. The molecule has 0 aliphatic heterocycles. The van der Waals surface area contributed by atoms with Crippen molar-refractivity contribution in [3.05, 3.63) is 36.0 Å². The number of aromatic nitrogens is 1. The van der Waals surface area contributed by atoms with Crippen LogP contribution in [0.1, 0.15) is 32.9 Å². The van der Waals surface area contributed by atoms with E-state index in [9.17, 15) is 0 Å². The fourth-order valence-corrected chi connectivity index (χ4v) is 2.42. The number of aromatic amines is 1. The number of fused-ring (bicyclic) bond motifs is 1. The minimum Gasteiger partial charge on any atom is -0.381 e. The van der Waals surface area contributed by atoms with Crippen molar-refractivity contribution in [2.45, 2.75) is 33.7 Å². The summed E-state index contributed by atoms with van der Waals surface area (Å²) in [5.74, 6) is 1.44. The van der Waals surface area contributed by atoms with Crippen LogP contribution in [0.4, 0.5) is 0 Å². The monoisotopic (exact) mass is 330 g/mol. The highest BCUT2D eigenvalue weighted by Crippen LogP contribution is 2.14. The van der Waals surface area contributed by atoms with Gasteiger partial charge in [-0.25, -0.2) is 4.99 Å². The number of rotatable bonds is 9. The summed E-state index contributed by atoms with van der Waals surface area (Å²) in [7, 11) is 0. The maximum atomic E-state index is 5.59. The standard InChI is InChI=1S/C19H30N4O/c1-4-20-19(21-10-7-11-24-14-15(2)3)22-13-17-12-16-8-5-6-9-18(16)23-17/h5-6,8-9,12,15,23H,4,7,10-11,13-14H2,1-3H3,(H2,20,21,22). The number of aliphatic imine (C=N–C) groups is 1. The van der Waals surface area contributed by atoms with Gasteiger partial charge in [0.05, 0.1) is 6.54 Å². The lowest BCUT2D eigenvalue weighted by Gasteiger charge is -2.11. The van der Waals surface area contributed by atoms with Crippen LogP contribution >= 0.6 is 0 Å². The minimum absolute atomic E-state index is 0.591. The SMILES string of the molecule is CCNC(=NCc1cc2ccccc2[nH]1)NCCCOCC(C)C. The highest BCUT2D eigenvalue weighted by molar-refractivity contribution is 5.81. The van der Waals surface area contributed by atoms with Crippen LogP contribution in [0.2, 0.25) is 0 Å². The van der Waals surface area contributed by atoms with E-state index in [1.807, 2.05) is 6.07 Å². The fraction of sp³-hybridized carbons (Fsp3) is 0.526. The van der Waals surface area contributed by atoms with Gasteiger partial charge in [0.25, 0.3) is 0 Å². The van der Waals surface area contributed by atoms with Crippen LogP contribution in [0.25, 0.3) is 10.9 Å². The lowest BCUT2D eigenvalue weighted by molar-refractivity contribution is 0.108.